The molecule has 3 rings (SSSR count). The van der Waals surface area contributed by atoms with Crippen LogP contribution in [0.4, 0.5) is 0 Å². The molecule has 1 fully saturated rings. The number of aliphatic hydroxyl groups excluding tert-OH is 1. The fourth-order valence-corrected chi connectivity index (χ4v) is 3.45. The molecule has 1 aliphatic rings. The molecule has 23 heavy (non-hydrogen) atoms. The predicted molar refractivity (Wildman–Crippen MR) is 88.1 cm³/mol. The van der Waals surface area contributed by atoms with Gasteiger partial charge in [-0.2, -0.15) is 5.10 Å². The molecule has 0 aromatic carbocycles. The first kappa shape index (κ1) is 16.4. The van der Waals surface area contributed by atoms with Crippen LogP contribution in [0.5, 0.6) is 0 Å². The smallest absolute Gasteiger partial charge is 0.131 e. The molecule has 2 aromatic heterocycles. The molecule has 1 saturated heterocycles. The number of aliphatic hydroxyl groups is 1. The minimum Gasteiger partial charge on any atom is -0.391 e. The van der Waals surface area contributed by atoms with Crippen LogP contribution in [0.1, 0.15) is 23.9 Å². The molecule has 6 nitrogen and oxygen atoms in total. The van der Waals surface area contributed by atoms with Gasteiger partial charge in [-0.15, -0.1) is 0 Å². The van der Waals surface area contributed by atoms with Gasteiger partial charge in [0.05, 0.1) is 17.5 Å². The molecule has 2 aromatic rings. The number of hydrogen-bond donors (Lipinski definition) is 1. The van der Waals surface area contributed by atoms with Crippen molar-refractivity contribution in [3.05, 3.63) is 40.7 Å². The molecule has 7 heteroatoms. The molecule has 0 aliphatic carbocycles. The number of likely N-dealkylation sites (tertiary alicyclic amines) is 1. The Bertz CT molecular complexity index is 660. The van der Waals surface area contributed by atoms with Gasteiger partial charge >= 0.3 is 0 Å². The Hall–Kier alpha value is -1.50. The average Bonchev–Trinajstić information content (AvgIpc) is 3.03. The first-order chi connectivity index (χ1) is 11.1. The summed E-state index contributed by atoms with van der Waals surface area (Å²) in [7, 11) is 1.86. The van der Waals surface area contributed by atoms with Crippen LogP contribution in [-0.2, 0) is 26.4 Å². The molecule has 1 N–H and O–H groups in total. The van der Waals surface area contributed by atoms with Crippen molar-refractivity contribution in [1.82, 2.24) is 24.6 Å². The van der Waals surface area contributed by atoms with Gasteiger partial charge < -0.3 is 5.11 Å². The Morgan fingerprint density at radius 1 is 1.35 bits per heavy atom. The van der Waals surface area contributed by atoms with E-state index in [1.54, 1.807) is 23.3 Å². The molecule has 2 atom stereocenters. The molecule has 0 bridgehead atoms. The normalized spacial score (nSPS) is 21.9. The van der Waals surface area contributed by atoms with Crippen molar-refractivity contribution in [2.24, 2.45) is 13.0 Å². The van der Waals surface area contributed by atoms with Crippen LogP contribution in [0.3, 0.4) is 0 Å². The van der Waals surface area contributed by atoms with Gasteiger partial charge in [-0.3, -0.25) is 19.5 Å². The maximum atomic E-state index is 10.4. The minimum atomic E-state index is -0.350. The highest BCUT2D eigenvalue weighted by Gasteiger charge is 2.32. The van der Waals surface area contributed by atoms with Gasteiger partial charge in [0.1, 0.15) is 5.15 Å². The molecule has 0 spiro atoms. The molecular formula is C16H22ClN5O. The van der Waals surface area contributed by atoms with Gasteiger partial charge in [-0.25, -0.2) is 0 Å². The van der Waals surface area contributed by atoms with Gasteiger partial charge in [0.25, 0.3) is 0 Å². The second-order valence-corrected chi connectivity index (χ2v) is 6.47. The van der Waals surface area contributed by atoms with Gasteiger partial charge in [-0.1, -0.05) is 18.5 Å². The quantitative estimate of drug-likeness (QED) is 0.896. The Labute approximate surface area is 141 Å². The summed E-state index contributed by atoms with van der Waals surface area (Å²) in [5, 5.41) is 15.5. The Morgan fingerprint density at radius 2 is 2.17 bits per heavy atom. The number of hydrogen-bond acceptors (Lipinski definition) is 5. The SMILES string of the molecule is CCc1nn(C)c(Cl)c1CN1C[C@@H](Cc2cnccn2)[C@H](O)C1. The van der Waals surface area contributed by atoms with Crippen LogP contribution in [0.25, 0.3) is 0 Å². The number of aryl methyl sites for hydroxylation is 2. The number of β-amino-alcohol motifs (C(OH)–C–C–N with tert-alkyl or cyclic N) is 1. The zero-order valence-corrected chi connectivity index (χ0v) is 14.2. The van der Waals surface area contributed by atoms with E-state index in [4.69, 9.17) is 11.6 Å². The monoisotopic (exact) mass is 335 g/mol. The van der Waals surface area contributed by atoms with Gasteiger partial charge in [0, 0.05) is 56.8 Å². The van der Waals surface area contributed by atoms with Crippen molar-refractivity contribution in [3.8, 4) is 0 Å². The molecule has 0 unspecified atom stereocenters. The highest BCUT2D eigenvalue weighted by Crippen LogP contribution is 2.26. The zero-order chi connectivity index (χ0) is 16.4. The molecule has 0 saturated carbocycles. The standard InChI is InChI=1S/C16H22ClN5O/c1-3-14-13(16(17)21(2)20-14)9-22-8-11(15(23)10-22)6-12-7-18-4-5-19-12/h4-5,7,11,15,23H,3,6,8-10H2,1-2H3/t11-,15-/m1/s1. The lowest BCUT2D eigenvalue weighted by Gasteiger charge is -2.15. The third-order valence-electron chi connectivity index (χ3n) is 4.44. The maximum absolute atomic E-state index is 10.4. The Kier molecular flexibility index (Phi) is 4.94. The van der Waals surface area contributed by atoms with Crippen LogP contribution in [0, 0.1) is 5.92 Å². The first-order valence-corrected chi connectivity index (χ1v) is 8.31. The van der Waals surface area contributed by atoms with Crippen LogP contribution in [0.2, 0.25) is 5.15 Å². The molecular weight excluding hydrogens is 314 g/mol. The number of halogens is 1. The lowest BCUT2D eigenvalue weighted by Crippen LogP contribution is -2.22. The molecule has 124 valence electrons. The summed E-state index contributed by atoms with van der Waals surface area (Å²) < 4.78 is 1.72. The maximum Gasteiger partial charge on any atom is 0.131 e. The van der Waals surface area contributed by atoms with Gasteiger partial charge in [-0.05, 0) is 12.8 Å². The van der Waals surface area contributed by atoms with E-state index >= 15 is 0 Å². The van der Waals surface area contributed by atoms with E-state index in [1.807, 2.05) is 7.05 Å². The average molecular weight is 336 g/mol. The molecule has 0 amide bonds. The van der Waals surface area contributed by atoms with Crippen molar-refractivity contribution in [3.63, 3.8) is 0 Å². The summed E-state index contributed by atoms with van der Waals surface area (Å²) in [6, 6.07) is 0. The fraction of sp³-hybridized carbons (Fsp3) is 0.562. The molecule has 0 radical (unpaired) electrons. The van der Waals surface area contributed by atoms with Crippen LogP contribution < -0.4 is 0 Å². The second-order valence-electron chi connectivity index (χ2n) is 6.12. The van der Waals surface area contributed by atoms with Crippen LogP contribution >= 0.6 is 11.6 Å². The Morgan fingerprint density at radius 3 is 2.87 bits per heavy atom. The van der Waals surface area contributed by atoms with E-state index in [-0.39, 0.29) is 12.0 Å². The number of aromatic nitrogens is 4. The van der Waals surface area contributed by atoms with E-state index < -0.39 is 0 Å². The summed E-state index contributed by atoms with van der Waals surface area (Å²) in [4.78, 5) is 10.6. The van der Waals surface area contributed by atoms with Crippen molar-refractivity contribution in [2.75, 3.05) is 13.1 Å². The fourth-order valence-electron chi connectivity index (χ4n) is 3.24. The Balaban J connectivity index is 1.67. The summed E-state index contributed by atoms with van der Waals surface area (Å²) in [6.45, 7) is 4.28. The number of rotatable bonds is 5. The van der Waals surface area contributed by atoms with E-state index in [0.29, 0.717) is 11.7 Å². The summed E-state index contributed by atoms with van der Waals surface area (Å²) in [5.41, 5.74) is 3.03. The number of nitrogens with zero attached hydrogens (tertiary/aromatic N) is 5. The van der Waals surface area contributed by atoms with E-state index in [9.17, 15) is 5.11 Å². The van der Waals surface area contributed by atoms with Crippen molar-refractivity contribution >= 4 is 11.6 Å². The predicted octanol–water partition coefficient (Wildman–Crippen LogP) is 1.46. The molecule has 1 aliphatic heterocycles. The minimum absolute atomic E-state index is 0.173. The summed E-state index contributed by atoms with van der Waals surface area (Å²) >= 11 is 6.37. The summed E-state index contributed by atoms with van der Waals surface area (Å²) in [6.07, 6.45) is 6.37. The van der Waals surface area contributed by atoms with Gasteiger partial charge in [0.15, 0.2) is 0 Å². The van der Waals surface area contributed by atoms with Crippen LogP contribution in [-0.4, -0.2) is 48.9 Å². The summed E-state index contributed by atoms with van der Waals surface area (Å²) in [5.74, 6) is 0.173. The van der Waals surface area contributed by atoms with Crippen molar-refractivity contribution < 1.29 is 5.11 Å². The van der Waals surface area contributed by atoms with E-state index in [1.165, 1.54) is 0 Å². The molecule has 3 heterocycles. The van der Waals surface area contributed by atoms with Crippen molar-refractivity contribution in [1.29, 1.82) is 0 Å². The van der Waals surface area contributed by atoms with Gasteiger partial charge in [0.2, 0.25) is 0 Å². The second kappa shape index (κ2) is 6.95. The zero-order valence-electron chi connectivity index (χ0n) is 13.5. The highest BCUT2D eigenvalue weighted by atomic mass is 35.5. The largest absolute Gasteiger partial charge is 0.391 e. The van der Waals surface area contributed by atoms with E-state index in [2.05, 4.69) is 26.9 Å². The van der Waals surface area contributed by atoms with Crippen LogP contribution in [0.15, 0.2) is 18.6 Å². The van der Waals surface area contributed by atoms with Crippen molar-refractivity contribution in [2.45, 2.75) is 32.4 Å². The lowest BCUT2D eigenvalue weighted by atomic mass is 10.0. The third kappa shape index (κ3) is 3.54. The third-order valence-corrected chi connectivity index (χ3v) is 4.91. The van der Waals surface area contributed by atoms with E-state index in [0.717, 1.165) is 42.9 Å². The highest BCUT2D eigenvalue weighted by molar-refractivity contribution is 6.30. The first-order valence-electron chi connectivity index (χ1n) is 7.94. The lowest BCUT2D eigenvalue weighted by molar-refractivity contribution is 0.140. The topological polar surface area (TPSA) is 67.1 Å².